The molecule has 0 aliphatic heterocycles. The summed E-state index contributed by atoms with van der Waals surface area (Å²) in [7, 11) is -4.60. The molecule has 2 aliphatic rings. The van der Waals surface area contributed by atoms with Crippen LogP contribution < -0.4 is 10.5 Å². The molecule has 3 heterocycles. The van der Waals surface area contributed by atoms with Crippen molar-refractivity contribution >= 4 is 27.0 Å². The number of pyridine rings is 2. The molecule has 0 atom stereocenters. The van der Waals surface area contributed by atoms with E-state index in [1.807, 2.05) is 0 Å². The third-order valence-electron chi connectivity index (χ3n) is 6.77. The number of amides is 1. The van der Waals surface area contributed by atoms with Gasteiger partial charge in [-0.15, -0.1) is 0 Å². The monoisotopic (exact) mass is 547 g/mol. The predicted octanol–water partition coefficient (Wildman–Crippen LogP) is 4.31. The lowest BCUT2D eigenvalue weighted by Crippen LogP contribution is -2.47. The number of hydrogen-bond donors (Lipinski definition) is 2. The molecule has 37 heavy (non-hydrogen) atoms. The van der Waals surface area contributed by atoms with Crippen molar-refractivity contribution in [2.75, 3.05) is 0 Å². The van der Waals surface area contributed by atoms with Gasteiger partial charge in [0.05, 0.1) is 22.5 Å². The molecule has 2 aliphatic carbocycles. The van der Waals surface area contributed by atoms with Crippen LogP contribution >= 0.6 is 0 Å². The Morgan fingerprint density at radius 3 is 2.22 bits per heavy atom. The second-order valence-electron chi connectivity index (χ2n) is 9.20. The summed E-state index contributed by atoms with van der Waals surface area (Å²) in [6.07, 6.45) is -6.69. The highest BCUT2D eigenvalue weighted by atomic mass is 32.2. The van der Waals surface area contributed by atoms with Crippen LogP contribution in [0.25, 0.3) is 22.4 Å². The molecule has 0 spiro atoms. The predicted molar refractivity (Wildman–Crippen MR) is 118 cm³/mol. The number of alkyl halides is 6. The largest absolute Gasteiger partial charge is 0.417 e. The van der Waals surface area contributed by atoms with Crippen LogP contribution in [0.4, 0.5) is 26.3 Å². The first kappa shape index (κ1) is 25.4. The third kappa shape index (κ3) is 4.23. The molecular weight excluding hydrogens is 528 g/mol. The number of aromatic nitrogens is 3. The van der Waals surface area contributed by atoms with E-state index in [1.54, 1.807) is 9.29 Å². The van der Waals surface area contributed by atoms with E-state index in [1.165, 1.54) is 6.07 Å². The minimum Gasteiger partial charge on any atom is -0.366 e. The molecular formula is C22H19F6N5O3S. The van der Waals surface area contributed by atoms with E-state index in [2.05, 4.69) is 9.97 Å². The van der Waals surface area contributed by atoms with Crippen molar-refractivity contribution in [1.82, 2.24) is 19.3 Å². The summed E-state index contributed by atoms with van der Waals surface area (Å²) in [5, 5.41) is -0.134. The van der Waals surface area contributed by atoms with Crippen molar-refractivity contribution in [2.45, 2.75) is 60.9 Å². The smallest absolute Gasteiger partial charge is 0.366 e. The second kappa shape index (κ2) is 8.15. The van der Waals surface area contributed by atoms with E-state index in [0.29, 0.717) is 19.0 Å². The number of nitrogens with zero attached hydrogens (tertiary/aromatic N) is 3. The molecule has 2 saturated carbocycles. The minimum atomic E-state index is -4.77. The van der Waals surface area contributed by atoms with Crippen LogP contribution in [0.5, 0.6) is 0 Å². The first-order chi connectivity index (χ1) is 17.1. The first-order valence-electron chi connectivity index (χ1n) is 11.1. The molecule has 5 rings (SSSR count). The first-order valence-corrected chi connectivity index (χ1v) is 12.6. The fourth-order valence-corrected chi connectivity index (χ4v) is 5.80. The molecule has 0 aromatic carbocycles. The van der Waals surface area contributed by atoms with Crippen molar-refractivity contribution in [1.29, 1.82) is 0 Å². The SMILES string of the molecule is NC(=O)c1c(-c2ccc(S(=O)(=O)NC3(C(F)(F)F)CC3)cn2)n(C2CCC2)c2ncc(C(F)(F)F)cc12. The summed E-state index contributed by atoms with van der Waals surface area (Å²) in [5.41, 5.74) is 1.84. The van der Waals surface area contributed by atoms with Gasteiger partial charge in [-0.2, -0.15) is 31.1 Å². The van der Waals surface area contributed by atoms with E-state index >= 15 is 0 Å². The summed E-state index contributed by atoms with van der Waals surface area (Å²) < 4.78 is 108. The lowest BCUT2D eigenvalue weighted by molar-refractivity contribution is -0.160. The molecule has 15 heteroatoms. The fourth-order valence-electron chi connectivity index (χ4n) is 4.41. The molecule has 198 valence electrons. The Labute approximate surface area is 205 Å². The number of carbonyl (C=O) groups excluding carboxylic acids is 1. The van der Waals surface area contributed by atoms with Crippen molar-refractivity contribution < 1.29 is 39.6 Å². The maximum Gasteiger partial charge on any atom is 0.417 e. The quantitative estimate of drug-likeness (QED) is 0.446. The molecule has 1 amide bonds. The van der Waals surface area contributed by atoms with Crippen LogP contribution in [0, 0.1) is 0 Å². The summed E-state index contributed by atoms with van der Waals surface area (Å²) in [5.74, 6) is -1.04. The molecule has 0 saturated heterocycles. The van der Waals surface area contributed by atoms with Crippen molar-refractivity contribution in [2.24, 2.45) is 5.73 Å². The summed E-state index contributed by atoms with van der Waals surface area (Å²) in [6, 6.07) is 2.74. The molecule has 3 N–H and O–H groups in total. The van der Waals surface area contributed by atoms with E-state index in [4.69, 9.17) is 5.73 Å². The Kier molecular flexibility index (Phi) is 5.60. The lowest BCUT2D eigenvalue weighted by atomic mass is 9.92. The van der Waals surface area contributed by atoms with Crippen molar-refractivity contribution in [3.8, 4) is 11.4 Å². The number of nitrogens with one attached hydrogen (secondary N) is 1. The number of fused-ring (bicyclic) bond motifs is 1. The topological polar surface area (TPSA) is 120 Å². The zero-order valence-electron chi connectivity index (χ0n) is 18.8. The summed E-state index contributed by atoms with van der Waals surface area (Å²) in [4.78, 5) is 19.9. The number of hydrogen-bond acceptors (Lipinski definition) is 5. The average Bonchev–Trinajstić information content (AvgIpc) is 3.46. The van der Waals surface area contributed by atoms with E-state index in [9.17, 15) is 39.6 Å². The second-order valence-corrected chi connectivity index (χ2v) is 10.9. The van der Waals surface area contributed by atoms with Crippen LogP contribution in [0.3, 0.4) is 0 Å². The summed E-state index contributed by atoms with van der Waals surface area (Å²) in [6.45, 7) is 0. The Morgan fingerprint density at radius 2 is 1.76 bits per heavy atom. The molecule has 8 nitrogen and oxygen atoms in total. The van der Waals surface area contributed by atoms with E-state index in [0.717, 1.165) is 24.8 Å². The molecule has 2 fully saturated rings. The molecule has 3 aromatic rings. The van der Waals surface area contributed by atoms with Crippen molar-refractivity contribution in [3.63, 3.8) is 0 Å². The Balaban J connectivity index is 1.62. The Bertz CT molecular complexity index is 1500. The number of halogens is 6. The highest BCUT2D eigenvalue weighted by Crippen LogP contribution is 2.50. The molecule has 0 radical (unpaired) electrons. The van der Waals surface area contributed by atoms with Crippen molar-refractivity contribution in [3.05, 3.63) is 41.7 Å². The van der Waals surface area contributed by atoms with Gasteiger partial charge in [0, 0.05) is 23.8 Å². The normalized spacial score (nSPS) is 18.1. The number of primary amides is 1. The van der Waals surface area contributed by atoms with Crippen LogP contribution in [0.1, 0.15) is 54.1 Å². The zero-order valence-corrected chi connectivity index (χ0v) is 19.6. The zero-order chi connectivity index (χ0) is 27.0. The number of nitrogens with two attached hydrogens (primary N) is 1. The van der Waals surface area contributed by atoms with Gasteiger partial charge in [-0.1, -0.05) is 0 Å². The van der Waals surface area contributed by atoms with Gasteiger partial charge in [0.15, 0.2) is 0 Å². The van der Waals surface area contributed by atoms with Gasteiger partial charge in [0.1, 0.15) is 16.1 Å². The Morgan fingerprint density at radius 1 is 1.08 bits per heavy atom. The summed E-state index contributed by atoms with van der Waals surface area (Å²) >= 11 is 0. The maximum absolute atomic E-state index is 13.4. The standard InChI is InChI=1S/C22H19F6N5O3S/c23-21(24,25)11-8-14-16(18(29)34)17(33(12-2-1-3-12)19(14)31-9-11)15-5-4-13(10-30-15)37(35,36)32-20(6-7-20)22(26,27)28/h4-5,8-10,12,32H,1-3,6-7H2,(H2,29,34). The van der Waals surface area contributed by atoms with Gasteiger partial charge < -0.3 is 10.3 Å². The van der Waals surface area contributed by atoms with Gasteiger partial charge in [-0.3, -0.25) is 9.78 Å². The van der Waals surface area contributed by atoms with E-state index < -0.39 is 57.1 Å². The van der Waals surface area contributed by atoms with Crippen LogP contribution in [0.2, 0.25) is 0 Å². The minimum absolute atomic E-state index is 0.00293. The molecule has 0 unspecified atom stereocenters. The highest BCUT2D eigenvalue weighted by Gasteiger charge is 2.65. The fraction of sp³-hybridized carbons (Fsp3) is 0.409. The molecule has 3 aromatic heterocycles. The maximum atomic E-state index is 13.4. The van der Waals surface area contributed by atoms with Crippen LogP contribution in [0.15, 0.2) is 35.5 Å². The lowest BCUT2D eigenvalue weighted by Gasteiger charge is -2.29. The van der Waals surface area contributed by atoms with Gasteiger partial charge in [-0.25, -0.2) is 13.4 Å². The van der Waals surface area contributed by atoms with E-state index in [-0.39, 0.29) is 34.0 Å². The van der Waals surface area contributed by atoms with Gasteiger partial charge in [0.2, 0.25) is 10.0 Å². The molecule has 0 bridgehead atoms. The van der Waals surface area contributed by atoms with Crippen LogP contribution in [-0.4, -0.2) is 40.6 Å². The number of carbonyl (C=O) groups is 1. The highest BCUT2D eigenvalue weighted by molar-refractivity contribution is 7.89. The van der Waals surface area contributed by atoms with Crippen LogP contribution in [-0.2, 0) is 16.2 Å². The Hall–Kier alpha value is -3.20. The third-order valence-corrected chi connectivity index (χ3v) is 8.29. The van der Waals surface area contributed by atoms with Gasteiger partial charge in [-0.05, 0) is 50.3 Å². The van der Waals surface area contributed by atoms with Gasteiger partial charge >= 0.3 is 12.4 Å². The van der Waals surface area contributed by atoms with Gasteiger partial charge in [0.25, 0.3) is 5.91 Å². The average molecular weight is 547 g/mol. The number of rotatable bonds is 6. The number of sulfonamides is 1.